The zero-order valence-electron chi connectivity index (χ0n) is 36.8. The second-order valence-corrected chi connectivity index (χ2v) is 18.2. The predicted molar refractivity (Wildman–Crippen MR) is 259 cm³/mol. The van der Waals surface area contributed by atoms with Crippen LogP contribution in [0.25, 0.3) is 77.8 Å². The van der Waals surface area contributed by atoms with E-state index in [0.29, 0.717) is 11.5 Å². The number of rotatable bonds is 8. The van der Waals surface area contributed by atoms with Gasteiger partial charge in [-0.25, -0.2) is 4.98 Å². The van der Waals surface area contributed by atoms with E-state index in [1.807, 2.05) is 23.1 Å². The molecule has 0 aliphatic heterocycles. The van der Waals surface area contributed by atoms with E-state index in [9.17, 15) is 0 Å². The van der Waals surface area contributed by atoms with Crippen molar-refractivity contribution in [3.63, 3.8) is 0 Å². The number of hydrogen-bond acceptors (Lipinski definition) is 3. The number of aromatic nitrogens is 4. The maximum atomic E-state index is 6.78. The van der Waals surface area contributed by atoms with Crippen LogP contribution in [0.1, 0.15) is 52.7 Å². The first-order valence-corrected chi connectivity index (χ1v) is 21.6. The Bertz CT molecular complexity index is 3220. The molecule has 316 valence electrons. The standard InChI is InChI=1S/C58H48N4O.Pt/c1-57(2,3)43-33-44(61-38-42(37-60-61)56-48(39-18-9-7-10-19-39)24-17-25-49(56)40-20-11-8-12-21-40)35-46(34-43)63-45-28-29-51-50-23-14-16-27-53(50)62(54(51)36-45)55-32-41(30-31-59-55)47-22-13-15-26-52(47)58(4,5)6;/h7-34,37-38H,1-6H3;/q-2;+2. The summed E-state index contributed by atoms with van der Waals surface area (Å²) in [6, 6.07) is 64.7. The molecule has 10 aromatic rings. The maximum absolute atomic E-state index is 6.78. The largest absolute Gasteiger partial charge is 2.00 e. The number of para-hydroxylation sites is 1. The molecule has 0 bridgehead atoms. The topological polar surface area (TPSA) is 44.9 Å². The Labute approximate surface area is 390 Å². The monoisotopic (exact) mass is 1010 g/mol. The van der Waals surface area contributed by atoms with Crippen LogP contribution in [-0.2, 0) is 31.9 Å². The fourth-order valence-corrected chi connectivity index (χ4v) is 8.69. The molecule has 0 atom stereocenters. The molecule has 0 radical (unpaired) electrons. The van der Waals surface area contributed by atoms with Crippen molar-refractivity contribution in [2.75, 3.05) is 0 Å². The SMILES string of the molecule is CC(C)(C)c1cc(Oc2[c-]c3c(cc2)c2ccccc2n3-c2cc(-c3ccccc3C(C)(C)C)ccn2)[c-]c(-n2cc(-c3c(-c4ccccc4)cccc3-c3ccccc3)cn2)c1.[Pt+2]. The zero-order valence-corrected chi connectivity index (χ0v) is 39.1. The van der Waals surface area contributed by atoms with Crippen molar-refractivity contribution in [3.05, 3.63) is 206 Å². The molecule has 0 spiro atoms. The molecule has 0 unspecified atom stereocenters. The molecule has 64 heavy (non-hydrogen) atoms. The minimum absolute atomic E-state index is 0. The summed E-state index contributed by atoms with van der Waals surface area (Å²) in [6.07, 6.45) is 5.97. The van der Waals surface area contributed by atoms with Gasteiger partial charge in [-0.3, -0.25) is 4.68 Å². The van der Waals surface area contributed by atoms with Crippen LogP contribution in [0.4, 0.5) is 0 Å². The smallest absolute Gasteiger partial charge is 0.509 e. The zero-order chi connectivity index (χ0) is 43.3. The predicted octanol–water partition coefficient (Wildman–Crippen LogP) is 15.0. The summed E-state index contributed by atoms with van der Waals surface area (Å²) in [7, 11) is 0. The van der Waals surface area contributed by atoms with E-state index in [1.54, 1.807) is 0 Å². The average Bonchev–Trinajstić information content (AvgIpc) is 3.92. The molecule has 0 amide bonds. The van der Waals surface area contributed by atoms with Crippen molar-refractivity contribution in [2.24, 2.45) is 0 Å². The molecule has 0 N–H and O–H groups in total. The molecule has 10 rings (SSSR count). The molecular formula is C58H48N4OPt. The molecule has 0 fully saturated rings. The normalized spacial score (nSPS) is 11.8. The van der Waals surface area contributed by atoms with Gasteiger partial charge in [0.1, 0.15) is 5.82 Å². The number of pyridine rings is 1. The number of benzene rings is 7. The Kier molecular flexibility index (Phi) is 11.3. The molecule has 0 saturated heterocycles. The first-order chi connectivity index (χ1) is 30.5. The summed E-state index contributed by atoms with van der Waals surface area (Å²) in [4.78, 5) is 4.95. The summed E-state index contributed by atoms with van der Waals surface area (Å²) in [5.74, 6) is 1.99. The van der Waals surface area contributed by atoms with E-state index in [2.05, 4.69) is 222 Å². The Balaban J connectivity index is 0.00000518. The molecule has 6 heteroatoms. The van der Waals surface area contributed by atoms with Gasteiger partial charge < -0.3 is 9.30 Å². The van der Waals surface area contributed by atoms with Gasteiger partial charge in [-0.2, -0.15) is 11.2 Å². The van der Waals surface area contributed by atoms with E-state index in [4.69, 9.17) is 14.8 Å². The molecule has 5 nitrogen and oxygen atoms in total. The molecule has 3 aromatic heterocycles. The molecule has 7 aromatic carbocycles. The van der Waals surface area contributed by atoms with Crippen LogP contribution in [0.5, 0.6) is 11.5 Å². The fraction of sp³-hybridized carbons (Fsp3) is 0.138. The van der Waals surface area contributed by atoms with E-state index < -0.39 is 0 Å². The number of hydrogen-bond donors (Lipinski definition) is 0. The van der Waals surface area contributed by atoms with Crippen LogP contribution in [0.2, 0.25) is 0 Å². The van der Waals surface area contributed by atoms with Gasteiger partial charge >= 0.3 is 21.1 Å². The van der Waals surface area contributed by atoms with Crippen LogP contribution in [0.3, 0.4) is 0 Å². The summed E-state index contributed by atoms with van der Waals surface area (Å²) in [6.45, 7) is 13.4. The van der Waals surface area contributed by atoms with Gasteiger partial charge in [0.2, 0.25) is 0 Å². The summed E-state index contributed by atoms with van der Waals surface area (Å²) >= 11 is 0. The number of ether oxygens (including phenoxy) is 1. The molecule has 0 aliphatic carbocycles. The van der Waals surface area contributed by atoms with Crippen molar-refractivity contribution in [1.29, 1.82) is 0 Å². The van der Waals surface area contributed by atoms with Crippen LogP contribution in [-0.4, -0.2) is 19.3 Å². The number of fused-ring (bicyclic) bond motifs is 3. The molecule has 3 heterocycles. The van der Waals surface area contributed by atoms with Gasteiger partial charge in [0.15, 0.2) is 0 Å². The third-order valence-corrected chi connectivity index (χ3v) is 11.8. The van der Waals surface area contributed by atoms with Crippen molar-refractivity contribution in [1.82, 2.24) is 19.3 Å². The summed E-state index contributed by atoms with van der Waals surface area (Å²) < 4.78 is 10.9. The average molecular weight is 1010 g/mol. The first-order valence-electron chi connectivity index (χ1n) is 21.6. The fourth-order valence-electron chi connectivity index (χ4n) is 8.69. The van der Waals surface area contributed by atoms with Gasteiger partial charge in [0.05, 0.1) is 6.20 Å². The first kappa shape index (κ1) is 42.5. The molecular weight excluding hydrogens is 964 g/mol. The maximum Gasteiger partial charge on any atom is 2.00 e. The van der Waals surface area contributed by atoms with Crippen LogP contribution < -0.4 is 4.74 Å². The molecule has 0 saturated carbocycles. The van der Waals surface area contributed by atoms with Gasteiger partial charge in [0.25, 0.3) is 0 Å². The van der Waals surface area contributed by atoms with E-state index in [1.165, 1.54) is 11.1 Å². The number of nitrogens with zero attached hydrogens (tertiary/aromatic N) is 4. The van der Waals surface area contributed by atoms with E-state index in [-0.39, 0.29) is 31.9 Å². The van der Waals surface area contributed by atoms with Gasteiger partial charge in [0, 0.05) is 40.5 Å². The Morgan fingerprint density at radius 1 is 0.531 bits per heavy atom. The second kappa shape index (κ2) is 17.0. The quantitative estimate of drug-likeness (QED) is 0.143. The van der Waals surface area contributed by atoms with E-state index in [0.717, 1.165) is 77.8 Å². The van der Waals surface area contributed by atoms with Gasteiger partial charge in [-0.15, -0.1) is 41.3 Å². The van der Waals surface area contributed by atoms with Crippen molar-refractivity contribution in [3.8, 4) is 67.5 Å². The minimum Gasteiger partial charge on any atom is -0.509 e. The third kappa shape index (κ3) is 8.13. The molecule has 0 aliphatic rings. The summed E-state index contributed by atoms with van der Waals surface area (Å²) in [5, 5.41) is 7.17. The Morgan fingerprint density at radius 2 is 1.19 bits per heavy atom. The van der Waals surface area contributed by atoms with Crippen LogP contribution in [0, 0.1) is 12.1 Å². The van der Waals surface area contributed by atoms with Gasteiger partial charge in [-0.05, 0) is 79.0 Å². The van der Waals surface area contributed by atoms with Crippen molar-refractivity contribution >= 4 is 21.8 Å². The van der Waals surface area contributed by atoms with Crippen LogP contribution >= 0.6 is 0 Å². The Morgan fingerprint density at radius 3 is 1.89 bits per heavy atom. The van der Waals surface area contributed by atoms with Crippen molar-refractivity contribution in [2.45, 2.75) is 52.4 Å². The van der Waals surface area contributed by atoms with Crippen molar-refractivity contribution < 1.29 is 25.8 Å². The third-order valence-electron chi connectivity index (χ3n) is 11.8. The second-order valence-electron chi connectivity index (χ2n) is 18.2. The Hall–Kier alpha value is -6.81. The van der Waals surface area contributed by atoms with E-state index >= 15 is 0 Å². The summed E-state index contributed by atoms with van der Waals surface area (Å²) in [5.41, 5.74) is 14.0. The van der Waals surface area contributed by atoms with Crippen LogP contribution in [0.15, 0.2) is 182 Å². The van der Waals surface area contributed by atoms with Gasteiger partial charge in [-0.1, -0.05) is 168 Å². The minimum atomic E-state index is -0.180.